The highest BCUT2D eigenvalue weighted by Crippen LogP contribution is 2.33. The summed E-state index contributed by atoms with van der Waals surface area (Å²) in [4.78, 5) is 16.4. The Bertz CT molecular complexity index is 854. The molecule has 3 rings (SSSR count). The van der Waals surface area contributed by atoms with Crippen molar-refractivity contribution >= 4 is 5.97 Å². The Kier molecular flexibility index (Phi) is 4.98. The van der Waals surface area contributed by atoms with Crippen LogP contribution in [0, 0.1) is 0 Å². The van der Waals surface area contributed by atoms with Gasteiger partial charge in [-0.25, -0.2) is 4.98 Å². The predicted octanol–water partition coefficient (Wildman–Crippen LogP) is 4.82. The van der Waals surface area contributed by atoms with Crippen molar-refractivity contribution in [1.29, 1.82) is 0 Å². The van der Waals surface area contributed by atoms with Crippen molar-refractivity contribution in [2.75, 3.05) is 0 Å². The molecule has 4 nitrogen and oxygen atoms in total. The highest BCUT2D eigenvalue weighted by molar-refractivity contribution is 5.76. The SMILES string of the molecule is CCC(C)n1c(-c2ccccc2)nc(-c2ccccc2)c1CC(=O)O. The Morgan fingerprint density at radius 3 is 2.12 bits per heavy atom. The zero-order valence-electron chi connectivity index (χ0n) is 14.5. The first kappa shape index (κ1) is 17.0. The molecule has 128 valence electrons. The maximum absolute atomic E-state index is 11.5. The molecule has 0 aliphatic rings. The normalized spacial score (nSPS) is 12.1. The molecule has 0 spiro atoms. The molecule has 0 aliphatic heterocycles. The molecule has 4 heteroatoms. The molecule has 0 saturated carbocycles. The van der Waals surface area contributed by atoms with Crippen LogP contribution in [-0.4, -0.2) is 20.6 Å². The van der Waals surface area contributed by atoms with Gasteiger partial charge in [-0.05, 0) is 13.3 Å². The molecule has 1 aromatic heterocycles. The molecular formula is C21H22N2O2. The van der Waals surface area contributed by atoms with Gasteiger partial charge in [0, 0.05) is 17.2 Å². The molecule has 0 fully saturated rings. The lowest BCUT2D eigenvalue weighted by atomic mass is 10.1. The second kappa shape index (κ2) is 7.34. The third kappa shape index (κ3) is 3.48. The van der Waals surface area contributed by atoms with E-state index in [0.29, 0.717) is 0 Å². The summed E-state index contributed by atoms with van der Waals surface area (Å²) in [5.74, 6) is -0.0219. The molecule has 1 N–H and O–H groups in total. The highest BCUT2D eigenvalue weighted by atomic mass is 16.4. The van der Waals surface area contributed by atoms with E-state index in [9.17, 15) is 9.90 Å². The molecule has 25 heavy (non-hydrogen) atoms. The van der Waals surface area contributed by atoms with Gasteiger partial charge in [-0.2, -0.15) is 0 Å². The topological polar surface area (TPSA) is 55.1 Å². The zero-order chi connectivity index (χ0) is 17.8. The second-order valence-corrected chi connectivity index (χ2v) is 6.16. The third-order valence-corrected chi connectivity index (χ3v) is 4.44. The van der Waals surface area contributed by atoms with E-state index in [1.807, 2.05) is 60.7 Å². The van der Waals surface area contributed by atoms with Crippen molar-refractivity contribution in [3.05, 3.63) is 66.4 Å². The van der Waals surface area contributed by atoms with Gasteiger partial charge in [-0.1, -0.05) is 67.6 Å². The highest BCUT2D eigenvalue weighted by Gasteiger charge is 2.23. The van der Waals surface area contributed by atoms with Crippen LogP contribution in [0.3, 0.4) is 0 Å². The number of hydrogen-bond donors (Lipinski definition) is 1. The molecule has 0 radical (unpaired) electrons. The summed E-state index contributed by atoms with van der Waals surface area (Å²) >= 11 is 0. The fourth-order valence-corrected chi connectivity index (χ4v) is 3.05. The van der Waals surface area contributed by atoms with E-state index < -0.39 is 5.97 Å². The molecule has 1 unspecified atom stereocenters. The summed E-state index contributed by atoms with van der Waals surface area (Å²) in [6.45, 7) is 4.21. The van der Waals surface area contributed by atoms with Gasteiger partial charge in [0.25, 0.3) is 0 Å². The van der Waals surface area contributed by atoms with Gasteiger partial charge in [0.15, 0.2) is 0 Å². The number of nitrogens with zero attached hydrogens (tertiary/aromatic N) is 2. The van der Waals surface area contributed by atoms with E-state index in [1.54, 1.807) is 0 Å². The molecule has 0 saturated heterocycles. The Balaban J connectivity index is 2.28. The van der Waals surface area contributed by atoms with Gasteiger partial charge in [0.1, 0.15) is 5.82 Å². The number of aromatic nitrogens is 2. The number of hydrogen-bond acceptors (Lipinski definition) is 2. The number of aliphatic carboxylic acids is 1. The standard InChI is InChI=1S/C21H22N2O2/c1-3-15(2)23-18(14-19(24)25)20(16-10-6-4-7-11-16)22-21(23)17-12-8-5-9-13-17/h4-13,15H,3,14H2,1-2H3,(H,24,25). The summed E-state index contributed by atoms with van der Waals surface area (Å²) in [5, 5.41) is 9.46. The Labute approximate surface area is 147 Å². The van der Waals surface area contributed by atoms with Crippen molar-refractivity contribution in [1.82, 2.24) is 9.55 Å². The van der Waals surface area contributed by atoms with E-state index in [2.05, 4.69) is 18.4 Å². The summed E-state index contributed by atoms with van der Waals surface area (Å²) < 4.78 is 2.09. The first-order valence-corrected chi connectivity index (χ1v) is 8.55. The van der Waals surface area contributed by atoms with Gasteiger partial charge < -0.3 is 9.67 Å². The minimum atomic E-state index is -0.846. The van der Waals surface area contributed by atoms with Crippen LogP contribution < -0.4 is 0 Å². The largest absolute Gasteiger partial charge is 0.481 e. The fraction of sp³-hybridized carbons (Fsp3) is 0.238. The van der Waals surface area contributed by atoms with Crippen LogP contribution in [0.25, 0.3) is 22.6 Å². The van der Waals surface area contributed by atoms with E-state index in [-0.39, 0.29) is 12.5 Å². The zero-order valence-corrected chi connectivity index (χ0v) is 14.5. The molecule has 0 aliphatic carbocycles. The number of carbonyl (C=O) groups is 1. The van der Waals surface area contributed by atoms with Gasteiger partial charge in [0.2, 0.25) is 0 Å². The predicted molar refractivity (Wildman–Crippen MR) is 99.4 cm³/mol. The van der Waals surface area contributed by atoms with Crippen LogP contribution in [0.15, 0.2) is 60.7 Å². The number of rotatable bonds is 6. The monoisotopic (exact) mass is 334 g/mol. The van der Waals surface area contributed by atoms with Gasteiger partial charge >= 0.3 is 5.97 Å². The molecular weight excluding hydrogens is 312 g/mol. The maximum Gasteiger partial charge on any atom is 0.309 e. The first-order chi connectivity index (χ1) is 12.1. The number of imidazole rings is 1. The van der Waals surface area contributed by atoms with E-state index in [4.69, 9.17) is 4.98 Å². The summed E-state index contributed by atoms with van der Waals surface area (Å²) in [6.07, 6.45) is 0.853. The molecule has 2 aromatic carbocycles. The quantitative estimate of drug-likeness (QED) is 0.703. The second-order valence-electron chi connectivity index (χ2n) is 6.16. The van der Waals surface area contributed by atoms with Gasteiger partial charge in [0.05, 0.1) is 17.8 Å². The summed E-state index contributed by atoms with van der Waals surface area (Å²) in [5.41, 5.74) is 3.45. The minimum Gasteiger partial charge on any atom is -0.481 e. The van der Waals surface area contributed by atoms with Crippen LogP contribution >= 0.6 is 0 Å². The van der Waals surface area contributed by atoms with E-state index >= 15 is 0 Å². The van der Waals surface area contributed by atoms with Crippen LogP contribution in [0.5, 0.6) is 0 Å². The number of benzene rings is 2. The molecule has 3 aromatic rings. The Hall–Kier alpha value is -2.88. The lowest BCUT2D eigenvalue weighted by molar-refractivity contribution is -0.136. The van der Waals surface area contributed by atoms with Crippen molar-refractivity contribution in [3.63, 3.8) is 0 Å². The van der Waals surface area contributed by atoms with Crippen molar-refractivity contribution in [2.45, 2.75) is 32.7 Å². The molecule has 1 heterocycles. The van der Waals surface area contributed by atoms with Crippen molar-refractivity contribution < 1.29 is 9.90 Å². The Morgan fingerprint density at radius 2 is 1.60 bits per heavy atom. The van der Waals surface area contributed by atoms with Crippen LogP contribution in [0.1, 0.15) is 32.0 Å². The molecule has 0 bridgehead atoms. The van der Waals surface area contributed by atoms with Gasteiger partial charge in [-0.15, -0.1) is 0 Å². The van der Waals surface area contributed by atoms with Crippen molar-refractivity contribution in [2.24, 2.45) is 0 Å². The number of carboxylic acids is 1. The summed E-state index contributed by atoms with van der Waals surface area (Å²) in [7, 11) is 0. The van der Waals surface area contributed by atoms with E-state index in [0.717, 1.165) is 34.8 Å². The lowest BCUT2D eigenvalue weighted by Gasteiger charge is -2.18. The third-order valence-electron chi connectivity index (χ3n) is 4.44. The first-order valence-electron chi connectivity index (χ1n) is 8.55. The minimum absolute atomic E-state index is 0.0472. The molecule has 0 amide bonds. The fourth-order valence-electron chi connectivity index (χ4n) is 3.05. The van der Waals surface area contributed by atoms with Crippen LogP contribution in [0.4, 0.5) is 0 Å². The van der Waals surface area contributed by atoms with Crippen LogP contribution in [-0.2, 0) is 11.2 Å². The maximum atomic E-state index is 11.5. The van der Waals surface area contributed by atoms with Gasteiger partial charge in [-0.3, -0.25) is 4.79 Å². The smallest absolute Gasteiger partial charge is 0.309 e. The average molecular weight is 334 g/mol. The van der Waals surface area contributed by atoms with Crippen LogP contribution in [0.2, 0.25) is 0 Å². The summed E-state index contributed by atoms with van der Waals surface area (Å²) in [6, 6.07) is 19.9. The molecule has 1 atom stereocenters. The van der Waals surface area contributed by atoms with E-state index in [1.165, 1.54) is 0 Å². The van der Waals surface area contributed by atoms with Crippen molar-refractivity contribution in [3.8, 4) is 22.6 Å². The average Bonchev–Trinajstić information content (AvgIpc) is 3.01. The Morgan fingerprint density at radius 1 is 1.04 bits per heavy atom. The number of carboxylic acid groups (broad SMARTS) is 1. The lowest BCUT2D eigenvalue weighted by Crippen LogP contribution is -2.13.